The number of pyridine rings is 1. The maximum Gasteiger partial charge on any atom is 0.416 e. The monoisotopic (exact) mass is 494 g/mol. The summed E-state index contributed by atoms with van der Waals surface area (Å²) in [6.45, 7) is 2.64. The van der Waals surface area contributed by atoms with Crippen LogP contribution in [0.25, 0.3) is 16.8 Å². The van der Waals surface area contributed by atoms with Crippen LogP contribution in [0.3, 0.4) is 0 Å². The largest absolute Gasteiger partial charge is 0.416 e. The van der Waals surface area contributed by atoms with E-state index in [1.54, 1.807) is 48.7 Å². The zero-order valence-electron chi connectivity index (χ0n) is 19.3. The first-order valence-corrected chi connectivity index (χ1v) is 11.8. The van der Waals surface area contributed by atoms with Crippen molar-refractivity contribution >= 4 is 23.2 Å². The molecule has 3 N–H and O–H groups in total. The zero-order valence-corrected chi connectivity index (χ0v) is 19.3. The van der Waals surface area contributed by atoms with E-state index < -0.39 is 11.7 Å². The molecule has 1 amide bonds. The van der Waals surface area contributed by atoms with Crippen LogP contribution in [0.15, 0.2) is 66.9 Å². The van der Waals surface area contributed by atoms with E-state index in [-0.39, 0.29) is 11.9 Å². The van der Waals surface area contributed by atoms with Crippen LogP contribution in [-0.4, -0.2) is 40.1 Å². The molecule has 186 valence electrons. The molecule has 1 aliphatic rings. The van der Waals surface area contributed by atoms with Crippen molar-refractivity contribution in [3.63, 3.8) is 0 Å². The minimum atomic E-state index is -4.43. The van der Waals surface area contributed by atoms with Crippen molar-refractivity contribution in [1.29, 1.82) is 0 Å². The number of carbonyl (C=O) groups is 1. The van der Waals surface area contributed by atoms with E-state index in [0.29, 0.717) is 40.5 Å². The molecule has 0 atom stereocenters. The van der Waals surface area contributed by atoms with Gasteiger partial charge in [0.25, 0.3) is 5.91 Å². The molecule has 7 nitrogen and oxygen atoms in total. The van der Waals surface area contributed by atoms with Gasteiger partial charge in [-0.1, -0.05) is 12.1 Å². The second kappa shape index (κ2) is 9.98. The lowest BCUT2D eigenvalue weighted by atomic mass is 9.98. The van der Waals surface area contributed by atoms with Crippen molar-refractivity contribution in [3.8, 4) is 11.1 Å². The third-order valence-electron chi connectivity index (χ3n) is 6.28. The third kappa shape index (κ3) is 5.33. The highest BCUT2D eigenvalue weighted by Crippen LogP contribution is 2.33. The van der Waals surface area contributed by atoms with Crippen LogP contribution in [0.2, 0.25) is 0 Å². The van der Waals surface area contributed by atoms with Gasteiger partial charge >= 0.3 is 6.18 Å². The molecule has 0 radical (unpaired) electrons. The van der Waals surface area contributed by atoms with E-state index in [2.05, 4.69) is 26.0 Å². The Balaban J connectivity index is 1.30. The van der Waals surface area contributed by atoms with E-state index in [1.807, 2.05) is 0 Å². The molecule has 0 bridgehead atoms. The lowest BCUT2D eigenvalue weighted by molar-refractivity contribution is -0.137. The van der Waals surface area contributed by atoms with E-state index in [9.17, 15) is 18.0 Å². The number of hydrogen-bond acceptors (Lipinski definition) is 5. The Morgan fingerprint density at radius 3 is 2.58 bits per heavy atom. The summed E-state index contributed by atoms with van der Waals surface area (Å²) in [5.41, 5.74) is 1.87. The number of aromatic nitrogens is 3. The minimum Gasteiger partial charge on any atom is -0.352 e. The average molecular weight is 495 g/mol. The van der Waals surface area contributed by atoms with E-state index >= 15 is 0 Å². The molecule has 1 aliphatic heterocycles. The molecule has 3 heterocycles. The van der Waals surface area contributed by atoms with Gasteiger partial charge in [0.15, 0.2) is 5.65 Å². The quantitative estimate of drug-likeness (QED) is 0.356. The van der Waals surface area contributed by atoms with Crippen molar-refractivity contribution in [2.75, 3.05) is 25.0 Å². The van der Waals surface area contributed by atoms with Gasteiger partial charge in [0.05, 0.1) is 5.56 Å². The van der Waals surface area contributed by atoms with E-state index in [1.165, 1.54) is 10.6 Å². The summed E-state index contributed by atoms with van der Waals surface area (Å²) < 4.78 is 41.1. The number of benzene rings is 2. The van der Waals surface area contributed by atoms with E-state index in [0.717, 1.165) is 38.1 Å². The molecule has 36 heavy (non-hydrogen) atoms. The van der Waals surface area contributed by atoms with Crippen LogP contribution >= 0.6 is 0 Å². The number of rotatable bonds is 6. The number of hydrogen-bond donors (Lipinski definition) is 3. The highest BCUT2D eigenvalue weighted by atomic mass is 19.4. The predicted octanol–water partition coefficient (Wildman–Crippen LogP) is 4.89. The van der Waals surface area contributed by atoms with Crippen molar-refractivity contribution in [2.24, 2.45) is 5.92 Å². The zero-order chi connectivity index (χ0) is 25.1. The molecular formula is C26H25F3N6O. The van der Waals surface area contributed by atoms with Crippen molar-refractivity contribution in [1.82, 2.24) is 25.2 Å². The van der Waals surface area contributed by atoms with Crippen molar-refractivity contribution in [2.45, 2.75) is 19.0 Å². The molecule has 0 aliphatic carbocycles. The van der Waals surface area contributed by atoms with Crippen LogP contribution in [0.5, 0.6) is 0 Å². The minimum absolute atomic E-state index is 0.114. The van der Waals surface area contributed by atoms with Crippen LogP contribution in [-0.2, 0) is 6.18 Å². The highest BCUT2D eigenvalue weighted by Gasteiger charge is 2.30. The molecule has 5 rings (SSSR count). The first-order chi connectivity index (χ1) is 17.4. The fourth-order valence-corrected chi connectivity index (χ4v) is 4.31. The molecule has 1 fully saturated rings. The van der Waals surface area contributed by atoms with Crippen LogP contribution in [0, 0.1) is 5.92 Å². The number of nitrogens with zero attached hydrogens (tertiary/aromatic N) is 3. The van der Waals surface area contributed by atoms with Gasteiger partial charge < -0.3 is 16.0 Å². The van der Waals surface area contributed by atoms with Crippen molar-refractivity contribution < 1.29 is 18.0 Å². The fourth-order valence-electron chi connectivity index (χ4n) is 4.31. The fraction of sp³-hybridized carbons (Fsp3) is 0.269. The van der Waals surface area contributed by atoms with Gasteiger partial charge in [-0.25, -0.2) is 4.52 Å². The standard InChI is InChI=1S/C26H25F3N6O/c27-26(28,29)20-4-1-3-19(15-20)22-5-2-14-35-23(22)33-25(34-35)32-21-8-6-18(7-9-21)24(36)31-16-17-10-12-30-13-11-17/h1-9,14-15,17,30H,10-13,16H2,(H,31,36)(H,32,34). The van der Waals surface area contributed by atoms with Gasteiger partial charge in [-0.3, -0.25) is 4.79 Å². The predicted molar refractivity (Wildman–Crippen MR) is 131 cm³/mol. The number of amides is 1. The molecule has 2 aromatic heterocycles. The smallest absolute Gasteiger partial charge is 0.352 e. The number of carbonyl (C=O) groups excluding carboxylic acids is 1. The number of piperidine rings is 1. The molecule has 1 saturated heterocycles. The summed E-state index contributed by atoms with van der Waals surface area (Å²) in [4.78, 5) is 17.0. The Hall–Kier alpha value is -3.92. The summed E-state index contributed by atoms with van der Waals surface area (Å²) in [7, 11) is 0. The summed E-state index contributed by atoms with van der Waals surface area (Å²) in [5, 5.41) is 13.8. The normalized spacial score (nSPS) is 14.6. The maximum absolute atomic E-state index is 13.2. The Bertz CT molecular complexity index is 1360. The molecule has 2 aromatic carbocycles. The van der Waals surface area contributed by atoms with Crippen LogP contribution in [0.4, 0.5) is 24.8 Å². The van der Waals surface area contributed by atoms with Gasteiger partial charge in [-0.15, -0.1) is 5.10 Å². The van der Waals surface area contributed by atoms with Gasteiger partial charge in [0.1, 0.15) is 0 Å². The van der Waals surface area contributed by atoms with Crippen LogP contribution < -0.4 is 16.0 Å². The van der Waals surface area contributed by atoms with Crippen molar-refractivity contribution in [3.05, 3.63) is 78.0 Å². The SMILES string of the molecule is O=C(NCC1CCNCC1)c1ccc(Nc2nc3c(-c4cccc(C(F)(F)F)c4)cccn3n2)cc1. The number of fused-ring (bicyclic) bond motifs is 1. The highest BCUT2D eigenvalue weighted by molar-refractivity contribution is 5.94. The number of nitrogens with one attached hydrogen (secondary N) is 3. The van der Waals surface area contributed by atoms with Gasteiger partial charge in [0, 0.05) is 29.6 Å². The second-order valence-electron chi connectivity index (χ2n) is 8.81. The van der Waals surface area contributed by atoms with Gasteiger partial charge in [-0.05, 0) is 85.9 Å². The van der Waals surface area contributed by atoms with Gasteiger partial charge in [-0.2, -0.15) is 18.2 Å². The number of anilines is 2. The second-order valence-corrected chi connectivity index (χ2v) is 8.81. The molecular weight excluding hydrogens is 469 g/mol. The summed E-state index contributed by atoms with van der Waals surface area (Å²) >= 11 is 0. The summed E-state index contributed by atoms with van der Waals surface area (Å²) in [5.74, 6) is 0.673. The third-order valence-corrected chi connectivity index (χ3v) is 6.28. The van der Waals surface area contributed by atoms with Gasteiger partial charge in [0.2, 0.25) is 5.95 Å². The molecule has 0 unspecified atom stereocenters. The Morgan fingerprint density at radius 1 is 1.06 bits per heavy atom. The van der Waals surface area contributed by atoms with Crippen LogP contribution in [0.1, 0.15) is 28.8 Å². The number of halogens is 3. The summed E-state index contributed by atoms with van der Waals surface area (Å²) in [6, 6.07) is 15.5. The van der Waals surface area contributed by atoms with E-state index in [4.69, 9.17) is 0 Å². The Kier molecular flexibility index (Phi) is 6.60. The first-order valence-electron chi connectivity index (χ1n) is 11.8. The Morgan fingerprint density at radius 2 is 1.83 bits per heavy atom. The lowest BCUT2D eigenvalue weighted by Crippen LogP contribution is -2.35. The molecule has 4 aromatic rings. The first kappa shape index (κ1) is 23.8. The topological polar surface area (TPSA) is 83.4 Å². The molecule has 0 spiro atoms. The number of alkyl halides is 3. The Labute approximate surface area is 205 Å². The molecule has 0 saturated carbocycles. The summed E-state index contributed by atoms with van der Waals surface area (Å²) in [6.07, 6.45) is -0.631. The lowest BCUT2D eigenvalue weighted by Gasteiger charge is -2.22. The molecule has 10 heteroatoms. The maximum atomic E-state index is 13.2. The average Bonchev–Trinajstić information content (AvgIpc) is 3.30.